The summed E-state index contributed by atoms with van der Waals surface area (Å²) < 4.78 is 27.5. The van der Waals surface area contributed by atoms with Crippen LogP contribution in [0.25, 0.3) is 0 Å². The van der Waals surface area contributed by atoms with Gasteiger partial charge >= 0.3 is 0 Å². The summed E-state index contributed by atoms with van der Waals surface area (Å²) in [6.45, 7) is 5.24. The molecule has 0 aliphatic carbocycles. The number of aryl methyl sites for hydroxylation is 1. The van der Waals surface area contributed by atoms with Crippen LogP contribution in [0.2, 0.25) is 0 Å². The van der Waals surface area contributed by atoms with Crippen LogP contribution in [0.3, 0.4) is 0 Å². The second kappa shape index (κ2) is 8.48. The molecular formula is C21H23F2N3O2. The molecule has 2 aromatic rings. The first-order chi connectivity index (χ1) is 13.4. The fourth-order valence-electron chi connectivity index (χ4n) is 3.20. The molecule has 1 N–H and O–H groups in total. The summed E-state index contributed by atoms with van der Waals surface area (Å²) in [5.41, 5.74) is 0.984. The number of hydrogen-bond donors (Lipinski definition) is 1. The minimum Gasteiger partial charge on any atom is -0.336 e. The SMILES string of the molecule is Cc1ccc(NC(=O)C(C)N2CCN(C(=O)c3ccccc3F)CC2)cc1F. The molecule has 2 aromatic carbocycles. The van der Waals surface area contributed by atoms with Crippen LogP contribution in [0.5, 0.6) is 0 Å². The molecule has 5 nitrogen and oxygen atoms in total. The third-order valence-corrected chi connectivity index (χ3v) is 5.07. The van der Waals surface area contributed by atoms with E-state index in [1.165, 1.54) is 18.2 Å². The van der Waals surface area contributed by atoms with Crippen LogP contribution < -0.4 is 5.32 Å². The molecule has 0 aromatic heterocycles. The Hall–Kier alpha value is -2.80. The van der Waals surface area contributed by atoms with E-state index in [0.717, 1.165) is 0 Å². The van der Waals surface area contributed by atoms with Gasteiger partial charge in [-0.3, -0.25) is 14.5 Å². The van der Waals surface area contributed by atoms with Gasteiger partial charge < -0.3 is 10.2 Å². The molecule has 1 fully saturated rings. The number of piperazine rings is 1. The normalized spacial score (nSPS) is 15.9. The smallest absolute Gasteiger partial charge is 0.256 e. The van der Waals surface area contributed by atoms with Crippen LogP contribution >= 0.6 is 0 Å². The molecule has 0 saturated carbocycles. The van der Waals surface area contributed by atoms with Gasteiger partial charge in [-0.2, -0.15) is 0 Å². The van der Waals surface area contributed by atoms with Crippen molar-refractivity contribution in [1.29, 1.82) is 0 Å². The maximum atomic E-state index is 13.8. The number of rotatable bonds is 4. The van der Waals surface area contributed by atoms with Crippen molar-refractivity contribution in [3.05, 3.63) is 65.2 Å². The van der Waals surface area contributed by atoms with Gasteiger partial charge in [-0.15, -0.1) is 0 Å². The fourth-order valence-corrected chi connectivity index (χ4v) is 3.20. The van der Waals surface area contributed by atoms with E-state index < -0.39 is 11.9 Å². The third kappa shape index (κ3) is 4.36. The van der Waals surface area contributed by atoms with Gasteiger partial charge in [0.2, 0.25) is 5.91 Å². The molecule has 1 atom stereocenters. The Balaban J connectivity index is 1.56. The summed E-state index contributed by atoms with van der Waals surface area (Å²) >= 11 is 0. The van der Waals surface area contributed by atoms with Gasteiger partial charge in [0.15, 0.2) is 0 Å². The Labute approximate surface area is 162 Å². The largest absolute Gasteiger partial charge is 0.336 e. The lowest BCUT2D eigenvalue weighted by atomic mass is 10.1. The Kier molecular flexibility index (Phi) is 6.04. The average molecular weight is 387 g/mol. The fraction of sp³-hybridized carbons (Fsp3) is 0.333. The second-order valence-corrected chi connectivity index (χ2v) is 6.94. The molecule has 2 amide bonds. The summed E-state index contributed by atoms with van der Waals surface area (Å²) in [5, 5.41) is 2.72. The van der Waals surface area contributed by atoms with E-state index in [2.05, 4.69) is 5.32 Å². The molecule has 0 radical (unpaired) electrons. The number of halogens is 2. The number of carbonyl (C=O) groups excluding carboxylic acids is 2. The number of anilines is 1. The van der Waals surface area contributed by atoms with Crippen molar-refractivity contribution >= 4 is 17.5 Å². The maximum absolute atomic E-state index is 13.8. The van der Waals surface area contributed by atoms with Crippen molar-refractivity contribution in [3.8, 4) is 0 Å². The molecule has 0 spiro atoms. The van der Waals surface area contributed by atoms with Crippen LogP contribution in [0.15, 0.2) is 42.5 Å². The number of nitrogens with one attached hydrogen (secondary N) is 1. The highest BCUT2D eigenvalue weighted by Crippen LogP contribution is 2.16. The summed E-state index contributed by atoms with van der Waals surface area (Å²) in [7, 11) is 0. The Morgan fingerprint density at radius 3 is 2.32 bits per heavy atom. The number of carbonyl (C=O) groups is 2. The molecule has 1 saturated heterocycles. The zero-order chi connectivity index (χ0) is 20.3. The lowest BCUT2D eigenvalue weighted by molar-refractivity contribution is -0.121. The van der Waals surface area contributed by atoms with E-state index in [9.17, 15) is 18.4 Å². The van der Waals surface area contributed by atoms with E-state index in [-0.39, 0.29) is 23.2 Å². The van der Waals surface area contributed by atoms with Crippen LogP contribution in [-0.2, 0) is 4.79 Å². The minimum absolute atomic E-state index is 0.0585. The predicted octanol–water partition coefficient (Wildman–Crippen LogP) is 3.06. The average Bonchev–Trinajstić information content (AvgIpc) is 2.70. The topological polar surface area (TPSA) is 52.7 Å². The molecule has 0 bridgehead atoms. The van der Waals surface area contributed by atoms with Gasteiger partial charge in [0.25, 0.3) is 5.91 Å². The van der Waals surface area contributed by atoms with Crippen molar-refractivity contribution in [2.75, 3.05) is 31.5 Å². The van der Waals surface area contributed by atoms with Crippen molar-refractivity contribution in [2.24, 2.45) is 0 Å². The molecular weight excluding hydrogens is 364 g/mol. The van der Waals surface area contributed by atoms with Gasteiger partial charge in [-0.05, 0) is 43.7 Å². The van der Waals surface area contributed by atoms with Gasteiger partial charge in [-0.1, -0.05) is 18.2 Å². The molecule has 148 valence electrons. The van der Waals surface area contributed by atoms with Crippen LogP contribution in [0, 0.1) is 18.6 Å². The molecule has 1 aliphatic rings. The first-order valence-electron chi connectivity index (χ1n) is 9.21. The van der Waals surface area contributed by atoms with Crippen molar-refractivity contribution < 1.29 is 18.4 Å². The lowest BCUT2D eigenvalue weighted by Crippen LogP contribution is -2.54. The van der Waals surface area contributed by atoms with E-state index >= 15 is 0 Å². The molecule has 1 heterocycles. The van der Waals surface area contributed by atoms with Gasteiger partial charge in [0.1, 0.15) is 11.6 Å². The molecule has 1 aliphatic heterocycles. The second-order valence-electron chi connectivity index (χ2n) is 6.94. The third-order valence-electron chi connectivity index (χ3n) is 5.07. The summed E-state index contributed by atoms with van der Waals surface area (Å²) in [5.74, 6) is -1.49. The first-order valence-corrected chi connectivity index (χ1v) is 9.21. The summed E-state index contributed by atoms with van der Waals surface area (Å²) in [6.07, 6.45) is 0. The van der Waals surface area contributed by atoms with Crippen molar-refractivity contribution in [1.82, 2.24) is 9.80 Å². The van der Waals surface area contributed by atoms with Crippen molar-refractivity contribution in [2.45, 2.75) is 19.9 Å². The van der Waals surface area contributed by atoms with Crippen molar-refractivity contribution in [3.63, 3.8) is 0 Å². The predicted molar refractivity (Wildman–Crippen MR) is 103 cm³/mol. The molecule has 3 rings (SSSR count). The number of amides is 2. The highest BCUT2D eigenvalue weighted by Gasteiger charge is 2.28. The molecule has 7 heteroatoms. The highest BCUT2D eigenvalue weighted by molar-refractivity contribution is 5.95. The Bertz CT molecular complexity index is 880. The molecule has 28 heavy (non-hydrogen) atoms. The first kappa shape index (κ1) is 19.9. The Morgan fingerprint density at radius 1 is 1.00 bits per heavy atom. The zero-order valence-corrected chi connectivity index (χ0v) is 15.9. The number of benzene rings is 2. The van der Waals surface area contributed by atoms with Gasteiger partial charge in [0.05, 0.1) is 11.6 Å². The highest BCUT2D eigenvalue weighted by atomic mass is 19.1. The minimum atomic E-state index is -0.534. The monoisotopic (exact) mass is 387 g/mol. The maximum Gasteiger partial charge on any atom is 0.256 e. The van der Waals surface area contributed by atoms with E-state index in [4.69, 9.17) is 0 Å². The standard InChI is InChI=1S/C21H23F2N3O2/c1-14-7-8-16(13-19(14)23)24-20(27)15(2)25-9-11-26(12-10-25)21(28)17-5-3-4-6-18(17)22/h3-8,13,15H,9-12H2,1-2H3,(H,24,27). The quantitative estimate of drug-likeness (QED) is 0.877. The van der Waals surface area contributed by atoms with Crippen LogP contribution in [0.1, 0.15) is 22.8 Å². The number of nitrogens with zero attached hydrogens (tertiary/aromatic N) is 2. The number of hydrogen-bond acceptors (Lipinski definition) is 3. The summed E-state index contributed by atoms with van der Waals surface area (Å²) in [4.78, 5) is 28.5. The van der Waals surface area contributed by atoms with Crippen LogP contribution in [-0.4, -0.2) is 53.8 Å². The Morgan fingerprint density at radius 2 is 1.68 bits per heavy atom. The lowest BCUT2D eigenvalue weighted by Gasteiger charge is -2.37. The van der Waals surface area contributed by atoms with Crippen LogP contribution in [0.4, 0.5) is 14.5 Å². The molecule has 1 unspecified atom stereocenters. The summed E-state index contributed by atoms with van der Waals surface area (Å²) in [6, 6.07) is 10.1. The van der Waals surface area contributed by atoms with E-state index in [1.54, 1.807) is 43.0 Å². The zero-order valence-electron chi connectivity index (χ0n) is 15.9. The van der Waals surface area contributed by atoms with Gasteiger partial charge in [0, 0.05) is 31.9 Å². The van der Waals surface area contributed by atoms with E-state index in [1.807, 2.05) is 4.90 Å². The van der Waals surface area contributed by atoms with Gasteiger partial charge in [-0.25, -0.2) is 8.78 Å². The van der Waals surface area contributed by atoms with E-state index in [0.29, 0.717) is 37.4 Å².